The second-order valence-electron chi connectivity index (χ2n) is 6.32. The third-order valence-corrected chi connectivity index (χ3v) is 5.70. The van der Waals surface area contributed by atoms with Crippen molar-refractivity contribution in [3.8, 4) is 0 Å². The summed E-state index contributed by atoms with van der Waals surface area (Å²) in [4.78, 5) is 22.5. The number of nitrogens with one attached hydrogen (secondary N) is 2. The summed E-state index contributed by atoms with van der Waals surface area (Å²) in [6, 6.07) is 7.70. The number of hydrogen-bond acceptors (Lipinski definition) is 5. The lowest BCUT2D eigenvalue weighted by molar-refractivity contribution is 0.0942. The highest BCUT2D eigenvalue weighted by atomic mass is 32.1. The smallest absolute Gasteiger partial charge is 0.268 e. The maximum atomic E-state index is 12.8. The molecule has 6 nitrogen and oxygen atoms in total. The van der Waals surface area contributed by atoms with Gasteiger partial charge >= 0.3 is 0 Å². The molecule has 1 aliphatic heterocycles. The molecule has 0 saturated carbocycles. The van der Waals surface area contributed by atoms with Crippen LogP contribution in [0.5, 0.6) is 0 Å². The first-order valence-corrected chi connectivity index (χ1v) is 9.50. The summed E-state index contributed by atoms with van der Waals surface area (Å²) in [6.45, 7) is 0.355. The number of aromatic nitrogens is 2. The first-order chi connectivity index (χ1) is 13.2. The van der Waals surface area contributed by atoms with Crippen LogP contribution >= 0.6 is 11.3 Å². The standard InChI is InChI=1S/C20H19N5OS/c1-25-17-10-15(9-13-6-4-8-22-13)27-19(17)16(11-21)18(25)20(26)24-12-14-5-2-3-7-23-14/h2-3,5-8,10-11,21H,4,9,12H2,1H3,(H,24,26). The average molecular weight is 377 g/mol. The molecule has 7 heteroatoms. The summed E-state index contributed by atoms with van der Waals surface area (Å²) in [5.74, 6) is -0.199. The molecule has 2 N–H and O–H groups in total. The van der Waals surface area contributed by atoms with E-state index in [1.165, 1.54) is 11.1 Å². The SMILES string of the molecule is Cn1c(C(=O)NCc2ccccn2)c(C=N)c2sc(CC3=CCC=N3)cc21. The number of hydrogen-bond donors (Lipinski definition) is 2. The van der Waals surface area contributed by atoms with E-state index >= 15 is 0 Å². The Kier molecular flexibility index (Phi) is 4.68. The molecule has 27 heavy (non-hydrogen) atoms. The second kappa shape index (κ2) is 7.28. The number of nitrogens with zero attached hydrogens (tertiary/aromatic N) is 3. The van der Waals surface area contributed by atoms with Crippen molar-refractivity contribution >= 4 is 39.9 Å². The number of aliphatic imine (C=N–C) groups is 1. The van der Waals surface area contributed by atoms with Gasteiger partial charge in [-0.2, -0.15) is 0 Å². The minimum Gasteiger partial charge on any atom is -0.345 e. The first kappa shape index (κ1) is 17.4. The molecule has 4 rings (SSSR count). The first-order valence-electron chi connectivity index (χ1n) is 8.68. The lowest BCUT2D eigenvalue weighted by atomic mass is 10.2. The Morgan fingerprint density at radius 3 is 3.04 bits per heavy atom. The zero-order valence-electron chi connectivity index (χ0n) is 14.9. The van der Waals surface area contributed by atoms with Crippen molar-refractivity contribution < 1.29 is 4.79 Å². The predicted molar refractivity (Wildman–Crippen MR) is 109 cm³/mol. The van der Waals surface area contributed by atoms with Crippen LogP contribution in [0.1, 0.15) is 33.0 Å². The number of pyridine rings is 1. The summed E-state index contributed by atoms with van der Waals surface area (Å²) in [5.41, 5.74) is 4.01. The van der Waals surface area contributed by atoms with Gasteiger partial charge in [-0.05, 0) is 18.2 Å². The predicted octanol–water partition coefficient (Wildman–Crippen LogP) is 3.46. The molecule has 136 valence electrons. The summed E-state index contributed by atoms with van der Waals surface area (Å²) in [6.07, 6.45) is 8.69. The van der Waals surface area contributed by atoms with Crippen molar-refractivity contribution in [1.29, 1.82) is 5.41 Å². The van der Waals surface area contributed by atoms with Crippen LogP contribution in [0.4, 0.5) is 0 Å². The van der Waals surface area contributed by atoms with Gasteiger partial charge in [-0.15, -0.1) is 11.3 Å². The Labute approximate surface area is 160 Å². The van der Waals surface area contributed by atoms with Gasteiger partial charge in [0.05, 0.1) is 22.5 Å². The Bertz CT molecular complexity index is 1070. The van der Waals surface area contributed by atoms with Gasteiger partial charge in [0.25, 0.3) is 5.91 Å². The highest BCUT2D eigenvalue weighted by Crippen LogP contribution is 2.33. The molecule has 4 heterocycles. The van der Waals surface area contributed by atoms with E-state index in [0.29, 0.717) is 17.8 Å². The normalized spacial score (nSPS) is 13.1. The maximum absolute atomic E-state index is 12.8. The van der Waals surface area contributed by atoms with Crippen molar-refractivity contribution in [1.82, 2.24) is 14.9 Å². The minimum atomic E-state index is -0.199. The average Bonchev–Trinajstić information content (AvgIpc) is 3.39. The van der Waals surface area contributed by atoms with Gasteiger partial charge in [-0.25, -0.2) is 0 Å². The molecule has 0 radical (unpaired) electrons. The fraction of sp³-hybridized carbons (Fsp3) is 0.200. The van der Waals surface area contributed by atoms with Gasteiger partial charge in [0.15, 0.2) is 0 Å². The molecule has 0 bridgehead atoms. The van der Waals surface area contributed by atoms with E-state index in [9.17, 15) is 4.79 Å². The van der Waals surface area contributed by atoms with Crippen LogP contribution in [-0.2, 0) is 20.0 Å². The van der Waals surface area contributed by atoms with E-state index in [1.54, 1.807) is 17.5 Å². The quantitative estimate of drug-likeness (QED) is 0.645. The fourth-order valence-corrected chi connectivity index (χ4v) is 4.46. The number of aryl methyl sites for hydroxylation is 1. The minimum absolute atomic E-state index is 0.199. The number of thiophene rings is 1. The largest absolute Gasteiger partial charge is 0.345 e. The van der Waals surface area contributed by atoms with Crippen molar-refractivity contribution in [3.63, 3.8) is 0 Å². The summed E-state index contributed by atoms with van der Waals surface area (Å²) >= 11 is 1.62. The number of allylic oxidation sites excluding steroid dienone is 2. The topological polar surface area (TPSA) is 83.1 Å². The molecular weight excluding hydrogens is 358 g/mol. The van der Waals surface area contributed by atoms with Gasteiger partial charge in [0, 0.05) is 54.7 Å². The highest BCUT2D eigenvalue weighted by molar-refractivity contribution is 7.19. The summed E-state index contributed by atoms with van der Waals surface area (Å²) < 4.78 is 2.84. The van der Waals surface area contributed by atoms with Crippen LogP contribution < -0.4 is 5.32 Å². The zero-order valence-corrected chi connectivity index (χ0v) is 15.7. The molecule has 1 aliphatic rings. The third kappa shape index (κ3) is 3.33. The second-order valence-corrected chi connectivity index (χ2v) is 7.45. The van der Waals surface area contributed by atoms with Gasteiger partial charge in [-0.1, -0.05) is 12.1 Å². The summed E-state index contributed by atoms with van der Waals surface area (Å²) in [7, 11) is 1.87. The lowest BCUT2D eigenvalue weighted by Gasteiger charge is -2.07. The van der Waals surface area contributed by atoms with Gasteiger partial charge in [0.2, 0.25) is 0 Å². The number of fused-ring (bicyclic) bond motifs is 1. The van der Waals surface area contributed by atoms with Crippen LogP contribution in [0.25, 0.3) is 10.2 Å². The van der Waals surface area contributed by atoms with Gasteiger partial charge in [0.1, 0.15) is 5.69 Å². The zero-order chi connectivity index (χ0) is 18.8. The fourth-order valence-electron chi connectivity index (χ4n) is 3.24. The number of carbonyl (C=O) groups is 1. The van der Waals surface area contributed by atoms with Crippen LogP contribution in [0.15, 0.2) is 47.2 Å². The number of carbonyl (C=O) groups excluding carboxylic acids is 1. The molecule has 0 fully saturated rings. The van der Waals surface area contributed by atoms with Crippen LogP contribution in [0.2, 0.25) is 0 Å². The van der Waals surface area contributed by atoms with E-state index in [4.69, 9.17) is 5.41 Å². The van der Waals surface area contributed by atoms with Crippen molar-refractivity contribution in [2.75, 3.05) is 0 Å². The molecule has 0 atom stereocenters. The van der Waals surface area contributed by atoms with Crippen molar-refractivity contribution in [2.24, 2.45) is 12.0 Å². The van der Waals surface area contributed by atoms with Crippen molar-refractivity contribution in [2.45, 2.75) is 19.4 Å². The van der Waals surface area contributed by atoms with E-state index in [-0.39, 0.29) is 5.91 Å². The Balaban J connectivity index is 1.61. The van der Waals surface area contributed by atoms with Crippen LogP contribution in [-0.4, -0.2) is 27.9 Å². The van der Waals surface area contributed by atoms with Crippen molar-refractivity contribution in [3.05, 3.63) is 64.1 Å². The Morgan fingerprint density at radius 2 is 2.33 bits per heavy atom. The van der Waals surface area contributed by atoms with Gasteiger partial charge < -0.3 is 15.3 Å². The third-order valence-electron chi connectivity index (χ3n) is 4.55. The summed E-state index contributed by atoms with van der Waals surface area (Å²) in [5, 5.41) is 10.7. The van der Waals surface area contributed by atoms with Crippen LogP contribution in [0, 0.1) is 5.41 Å². The molecule has 3 aromatic heterocycles. The molecule has 0 unspecified atom stereocenters. The maximum Gasteiger partial charge on any atom is 0.268 e. The van der Waals surface area contributed by atoms with E-state index in [0.717, 1.165) is 34.4 Å². The molecule has 0 aliphatic carbocycles. The molecular formula is C20H19N5OS. The molecule has 3 aromatic rings. The molecule has 0 aromatic carbocycles. The van der Waals surface area contributed by atoms with E-state index in [2.05, 4.69) is 27.4 Å². The Hall–Kier alpha value is -3.06. The molecule has 0 saturated heterocycles. The molecule has 0 spiro atoms. The van der Waals surface area contributed by atoms with Gasteiger partial charge in [-0.3, -0.25) is 14.8 Å². The highest BCUT2D eigenvalue weighted by Gasteiger charge is 2.22. The Morgan fingerprint density at radius 1 is 1.44 bits per heavy atom. The van der Waals surface area contributed by atoms with E-state index < -0.39 is 0 Å². The lowest BCUT2D eigenvalue weighted by Crippen LogP contribution is -2.26. The van der Waals surface area contributed by atoms with Crippen LogP contribution in [0.3, 0.4) is 0 Å². The van der Waals surface area contributed by atoms with E-state index in [1.807, 2.05) is 36.0 Å². The number of amides is 1. The monoisotopic (exact) mass is 377 g/mol. The molecule has 1 amide bonds. The number of rotatable bonds is 6.